The Bertz CT molecular complexity index is 720. The minimum atomic E-state index is 0.426. The first-order valence-corrected chi connectivity index (χ1v) is 9.09. The zero-order valence-corrected chi connectivity index (χ0v) is 16.0. The van der Waals surface area contributed by atoms with Crippen LogP contribution in [0.2, 0.25) is 0 Å². The Kier molecular flexibility index (Phi) is 8.42. The van der Waals surface area contributed by atoms with Crippen LogP contribution in [0.15, 0.2) is 53.6 Å². The van der Waals surface area contributed by atoms with Crippen LogP contribution >= 0.6 is 12.2 Å². The molecule has 0 radical (unpaired) electrons. The van der Waals surface area contributed by atoms with Crippen molar-refractivity contribution in [2.75, 3.05) is 19.0 Å². The molecular formula is C20H25N3O2S. The zero-order valence-electron chi connectivity index (χ0n) is 15.2. The molecule has 5 nitrogen and oxygen atoms in total. The Labute approximate surface area is 160 Å². The summed E-state index contributed by atoms with van der Waals surface area (Å²) in [6, 6.07) is 15.4. The minimum absolute atomic E-state index is 0.426. The van der Waals surface area contributed by atoms with Gasteiger partial charge in [0.15, 0.2) is 16.6 Å². The molecule has 0 bridgehead atoms. The zero-order chi connectivity index (χ0) is 18.6. The van der Waals surface area contributed by atoms with E-state index in [4.69, 9.17) is 21.7 Å². The molecule has 0 amide bonds. The largest absolute Gasteiger partial charge is 0.493 e. The van der Waals surface area contributed by atoms with E-state index in [0.717, 1.165) is 29.8 Å². The summed E-state index contributed by atoms with van der Waals surface area (Å²) in [5.41, 5.74) is 4.59. The predicted octanol–water partition coefficient (Wildman–Crippen LogP) is 4.58. The number of thiocarbonyl (C=S) groups is 1. The molecule has 0 aliphatic heterocycles. The minimum Gasteiger partial charge on any atom is -0.493 e. The monoisotopic (exact) mass is 371 g/mol. The fourth-order valence-electron chi connectivity index (χ4n) is 2.26. The molecule has 0 saturated heterocycles. The first-order valence-electron chi connectivity index (χ1n) is 8.69. The Morgan fingerprint density at radius 3 is 2.65 bits per heavy atom. The maximum atomic E-state index is 5.78. The van der Waals surface area contributed by atoms with Crippen molar-refractivity contribution >= 4 is 29.2 Å². The van der Waals surface area contributed by atoms with Gasteiger partial charge in [0.05, 0.1) is 19.9 Å². The highest BCUT2D eigenvalue weighted by atomic mass is 32.1. The van der Waals surface area contributed by atoms with Gasteiger partial charge in [-0.05, 0) is 54.5 Å². The van der Waals surface area contributed by atoms with E-state index < -0.39 is 0 Å². The van der Waals surface area contributed by atoms with Crippen LogP contribution in [0.5, 0.6) is 11.5 Å². The molecule has 2 aromatic carbocycles. The molecule has 0 fully saturated rings. The number of rotatable bonds is 9. The Morgan fingerprint density at radius 1 is 1.12 bits per heavy atom. The second kappa shape index (κ2) is 11.1. The van der Waals surface area contributed by atoms with Crippen LogP contribution in [0.4, 0.5) is 5.69 Å². The summed E-state index contributed by atoms with van der Waals surface area (Å²) in [4.78, 5) is 0. The van der Waals surface area contributed by atoms with Crippen molar-refractivity contribution in [1.82, 2.24) is 5.43 Å². The van der Waals surface area contributed by atoms with Crippen LogP contribution in [0.25, 0.3) is 0 Å². The van der Waals surface area contributed by atoms with Gasteiger partial charge < -0.3 is 14.8 Å². The molecule has 0 saturated carbocycles. The van der Waals surface area contributed by atoms with Gasteiger partial charge in [-0.2, -0.15) is 5.10 Å². The summed E-state index contributed by atoms with van der Waals surface area (Å²) in [5, 5.41) is 7.64. The van der Waals surface area contributed by atoms with E-state index in [9.17, 15) is 0 Å². The summed E-state index contributed by atoms with van der Waals surface area (Å²) in [6.45, 7) is 2.86. The number of nitrogens with one attached hydrogen (secondary N) is 2. The molecule has 0 heterocycles. The highest BCUT2D eigenvalue weighted by Crippen LogP contribution is 2.27. The third-order valence-corrected chi connectivity index (χ3v) is 3.80. The second-order valence-electron chi connectivity index (χ2n) is 5.66. The summed E-state index contributed by atoms with van der Waals surface area (Å²) in [7, 11) is 1.63. The number of unbranched alkanes of at least 4 members (excludes halogenated alkanes) is 2. The normalized spacial score (nSPS) is 10.5. The SMILES string of the molecule is CCCCCOc1ccc(/C=N/NC(=S)Nc2ccccc2)cc1OC. The van der Waals surface area contributed by atoms with E-state index in [0.29, 0.717) is 17.5 Å². The van der Waals surface area contributed by atoms with Crippen molar-refractivity contribution in [3.8, 4) is 11.5 Å². The number of para-hydroxylation sites is 1. The fraction of sp³-hybridized carbons (Fsp3) is 0.300. The van der Waals surface area contributed by atoms with Gasteiger partial charge in [-0.15, -0.1) is 0 Å². The highest BCUT2D eigenvalue weighted by molar-refractivity contribution is 7.80. The van der Waals surface area contributed by atoms with Gasteiger partial charge in [-0.25, -0.2) is 0 Å². The maximum absolute atomic E-state index is 5.78. The molecule has 138 valence electrons. The fourth-order valence-corrected chi connectivity index (χ4v) is 2.43. The van der Waals surface area contributed by atoms with Crippen molar-refractivity contribution in [2.45, 2.75) is 26.2 Å². The van der Waals surface area contributed by atoms with Crippen LogP contribution < -0.4 is 20.2 Å². The van der Waals surface area contributed by atoms with Crippen molar-refractivity contribution in [1.29, 1.82) is 0 Å². The van der Waals surface area contributed by atoms with E-state index in [2.05, 4.69) is 22.8 Å². The maximum Gasteiger partial charge on any atom is 0.191 e. The van der Waals surface area contributed by atoms with E-state index in [1.54, 1.807) is 13.3 Å². The first-order chi connectivity index (χ1) is 12.7. The van der Waals surface area contributed by atoms with Gasteiger partial charge in [0.2, 0.25) is 0 Å². The van der Waals surface area contributed by atoms with Gasteiger partial charge in [0, 0.05) is 5.69 Å². The van der Waals surface area contributed by atoms with Crippen LogP contribution in [-0.2, 0) is 0 Å². The smallest absolute Gasteiger partial charge is 0.191 e. The Hall–Kier alpha value is -2.60. The highest BCUT2D eigenvalue weighted by Gasteiger charge is 2.05. The summed E-state index contributed by atoms with van der Waals surface area (Å²) < 4.78 is 11.2. The van der Waals surface area contributed by atoms with Crippen molar-refractivity contribution in [3.05, 3.63) is 54.1 Å². The number of ether oxygens (including phenoxy) is 2. The van der Waals surface area contributed by atoms with Gasteiger partial charge in [-0.3, -0.25) is 5.43 Å². The Balaban J connectivity index is 1.88. The molecule has 0 unspecified atom stereocenters. The average molecular weight is 372 g/mol. The standard InChI is InChI=1S/C20H25N3O2S/c1-3-4-8-13-25-18-12-11-16(14-19(18)24-2)15-21-23-20(26)22-17-9-6-5-7-10-17/h5-7,9-12,14-15H,3-4,8,13H2,1-2H3,(H2,22,23,26)/b21-15+. The Morgan fingerprint density at radius 2 is 1.92 bits per heavy atom. The lowest BCUT2D eigenvalue weighted by Gasteiger charge is -2.11. The molecule has 2 aromatic rings. The number of nitrogens with zero attached hydrogens (tertiary/aromatic N) is 1. The van der Waals surface area contributed by atoms with E-state index in [-0.39, 0.29) is 0 Å². The lowest BCUT2D eigenvalue weighted by molar-refractivity contribution is 0.286. The summed E-state index contributed by atoms with van der Waals surface area (Å²) >= 11 is 5.21. The molecule has 2 N–H and O–H groups in total. The number of hydrazone groups is 1. The van der Waals surface area contributed by atoms with Crippen molar-refractivity contribution < 1.29 is 9.47 Å². The molecule has 0 aliphatic rings. The third kappa shape index (κ3) is 6.72. The molecule has 26 heavy (non-hydrogen) atoms. The van der Waals surface area contributed by atoms with E-state index in [1.165, 1.54) is 6.42 Å². The summed E-state index contributed by atoms with van der Waals surface area (Å²) in [6.07, 6.45) is 5.06. The van der Waals surface area contributed by atoms with Gasteiger partial charge in [0.25, 0.3) is 0 Å². The van der Waals surface area contributed by atoms with Gasteiger partial charge in [0.1, 0.15) is 0 Å². The van der Waals surface area contributed by atoms with E-state index >= 15 is 0 Å². The summed E-state index contributed by atoms with van der Waals surface area (Å²) in [5.74, 6) is 1.44. The van der Waals surface area contributed by atoms with Crippen molar-refractivity contribution in [3.63, 3.8) is 0 Å². The van der Waals surface area contributed by atoms with Crippen LogP contribution in [-0.4, -0.2) is 25.0 Å². The molecule has 6 heteroatoms. The molecule has 0 aromatic heterocycles. The molecule has 0 aliphatic carbocycles. The van der Waals surface area contributed by atoms with Gasteiger partial charge in [-0.1, -0.05) is 38.0 Å². The number of benzene rings is 2. The predicted molar refractivity (Wildman–Crippen MR) is 111 cm³/mol. The van der Waals surface area contributed by atoms with Gasteiger partial charge >= 0.3 is 0 Å². The lowest BCUT2D eigenvalue weighted by atomic mass is 10.2. The second-order valence-corrected chi connectivity index (χ2v) is 6.06. The number of anilines is 1. The van der Waals surface area contributed by atoms with Crippen molar-refractivity contribution in [2.24, 2.45) is 5.10 Å². The third-order valence-electron chi connectivity index (χ3n) is 3.60. The van der Waals surface area contributed by atoms with Crippen LogP contribution in [0.3, 0.4) is 0 Å². The number of hydrogen-bond donors (Lipinski definition) is 2. The topological polar surface area (TPSA) is 54.9 Å². The van der Waals surface area contributed by atoms with Crippen LogP contribution in [0.1, 0.15) is 31.7 Å². The van der Waals surface area contributed by atoms with Crippen LogP contribution in [0, 0.1) is 0 Å². The first kappa shape index (κ1) is 19.7. The molecule has 0 spiro atoms. The quantitative estimate of drug-likeness (QED) is 0.292. The number of hydrogen-bond acceptors (Lipinski definition) is 4. The number of methoxy groups -OCH3 is 1. The van der Waals surface area contributed by atoms with E-state index in [1.807, 2.05) is 48.5 Å². The average Bonchev–Trinajstić information content (AvgIpc) is 2.66. The molecular weight excluding hydrogens is 346 g/mol. The molecule has 2 rings (SSSR count). The molecule has 0 atom stereocenters. The lowest BCUT2D eigenvalue weighted by Crippen LogP contribution is -2.23.